The maximum atomic E-state index is 2.46. The fraction of sp³-hybridized carbons (Fsp3) is 0.176. The van der Waals surface area contributed by atoms with E-state index in [2.05, 4.69) is 136 Å². The smallest absolute Gasteiger partial charge is 0.0543 e. The van der Waals surface area contributed by atoms with E-state index < -0.39 is 0 Å². The van der Waals surface area contributed by atoms with E-state index in [4.69, 9.17) is 0 Å². The summed E-state index contributed by atoms with van der Waals surface area (Å²) in [4.78, 5) is 2.41. The van der Waals surface area contributed by atoms with Gasteiger partial charge in [0, 0.05) is 22.2 Å². The predicted octanol–water partition coefficient (Wildman–Crippen LogP) is 9.49. The van der Waals surface area contributed by atoms with Gasteiger partial charge < -0.3 is 4.90 Å². The molecule has 0 atom stereocenters. The molecule has 0 aromatic heterocycles. The minimum atomic E-state index is -0.0699. The lowest BCUT2D eigenvalue weighted by molar-refractivity contribution is 0.660. The minimum Gasteiger partial charge on any atom is -0.310 e. The van der Waals surface area contributed by atoms with Gasteiger partial charge in [-0.1, -0.05) is 93.6 Å². The first kappa shape index (κ1) is 21.7. The highest BCUT2D eigenvalue weighted by Gasteiger charge is 2.38. The Kier molecular flexibility index (Phi) is 5.04. The first-order valence-electron chi connectivity index (χ1n) is 12.6. The zero-order chi connectivity index (χ0) is 24.2. The van der Waals surface area contributed by atoms with Crippen LogP contribution in [0.5, 0.6) is 0 Å². The van der Waals surface area contributed by atoms with Crippen molar-refractivity contribution in [2.24, 2.45) is 0 Å². The molecule has 0 radical (unpaired) electrons. The normalized spacial score (nSPS) is 13.5. The fourth-order valence-electron chi connectivity index (χ4n) is 5.91. The Bertz CT molecular complexity index is 1510. The molecule has 0 bridgehead atoms. The summed E-state index contributed by atoms with van der Waals surface area (Å²) in [5, 5.41) is 2.61. The van der Waals surface area contributed by atoms with Gasteiger partial charge in [0.25, 0.3) is 0 Å². The molecule has 0 spiro atoms. The molecule has 6 rings (SSSR count). The van der Waals surface area contributed by atoms with Crippen molar-refractivity contribution in [1.29, 1.82) is 0 Å². The molecule has 1 aliphatic carbocycles. The van der Waals surface area contributed by atoms with Crippen molar-refractivity contribution < 1.29 is 0 Å². The number of nitrogens with zero attached hydrogens (tertiary/aromatic N) is 1. The molecule has 1 heteroatoms. The van der Waals surface area contributed by atoms with Crippen LogP contribution in [0.1, 0.15) is 43.0 Å². The highest BCUT2D eigenvalue weighted by atomic mass is 15.1. The average Bonchev–Trinajstić information content (AvgIpc) is 3.11. The molecule has 0 N–H and O–H groups in total. The lowest BCUT2D eigenvalue weighted by Crippen LogP contribution is -2.17. The first-order chi connectivity index (χ1) is 17.0. The summed E-state index contributed by atoms with van der Waals surface area (Å²) < 4.78 is 0. The molecule has 1 aliphatic rings. The van der Waals surface area contributed by atoms with E-state index in [1.54, 1.807) is 0 Å². The number of hydrogen-bond acceptors (Lipinski definition) is 1. The van der Waals surface area contributed by atoms with E-state index in [-0.39, 0.29) is 5.41 Å². The molecule has 35 heavy (non-hydrogen) atoms. The van der Waals surface area contributed by atoms with Crippen molar-refractivity contribution in [3.8, 4) is 11.1 Å². The Hall–Kier alpha value is -3.84. The van der Waals surface area contributed by atoms with E-state index in [0.29, 0.717) is 0 Å². The largest absolute Gasteiger partial charge is 0.310 e. The molecule has 0 unspecified atom stereocenters. The maximum Gasteiger partial charge on any atom is 0.0543 e. The molecule has 0 aliphatic heterocycles. The van der Waals surface area contributed by atoms with Crippen LogP contribution in [-0.4, -0.2) is 0 Å². The molecule has 172 valence electrons. The van der Waals surface area contributed by atoms with Crippen LogP contribution >= 0.6 is 0 Å². The minimum absolute atomic E-state index is 0.0699. The van der Waals surface area contributed by atoms with Gasteiger partial charge in [0.2, 0.25) is 0 Å². The van der Waals surface area contributed by atoms with Gasteiger partial charge >= 0.3 is 0 Å². The Morgan fingerprint density at radius 2 is 1.23 bits per heavy atom. The molecule has 1 nitrogen and oxygen atoms in total. The second-order valence-corrected chi connectivity index (χ2v) is 10.2. The number of rotatable bonds is 4. The molecule has 0 fully saturated rings. The van der Waals surface area contributed by atoms with Gasteiger partial charge in [-0.05, 0) is 82.4 Å². The van der Waals surface area contributed by atoms with Crippen molar-refractivity contribution in [2.75, 3.05) is 4.90 Å². The first-order valence-corrected chi connectivity index (χ1v) is 12.6. The quantitative estimate of drug-likeness (QED) is 0.262. The van der Waals surface area contributed by atoms with Crippen LogP contribution in [0.25, 0.3) is 21.9 Å². The molecule has 0 saturated heterocycles. The van der Waals surface area contributed by atoms with Gasteiger partial charge in [-0.15, -0.1) is 0 Å². The molecular weight excluding hydrogens is 422 g/mol. The molecule has 0 saturated carbocycles. The molecule has 5 aromatic carbocycles. The summed E-state index contributed by atoms with van der Waals surface area (Å²) in [6.45, 7) is 9.29. The van der Waals surface area contributed by atoms with Crippen LogP contribution < -0.4 is 4.90 Å². The van der Waals surface area contributed by atoms with Crippen LogP contribution in [0.15, 0.2) is 103 Å². The molecule has 0 amide bonds. The van der Waals surface area contributed by atoms with Gasteiger partial charge in [-0.2, -0.15) is 0 Å². The van der Waals surface area contributed by atoms with Crippen molar-refractivity contribution in [3.05, 3.63) is 125 Å². The van der Waals surface area contributed by atoms with E-state index in [1.807, 2.05) is 0 Å². The number of aryl methyl sites for hydroxylation is 2. The van der Waals surface area contributed by atoms with Crippen LogP contribution in [0.3, 0.4) is 0 Å². The monoisotopic (exact) mass is 453 g/mol. The van der Waals surface area contributed by atoms with E-state index >= 15 is 0 Å². The third-order valence-corrected chi connectivity index (χ3v) is 7.77. The molecular formula is C34H31N. The second kappa shape index (κ2) is 8.13. The Labute approximate surface area is 208 Å². The lowest BCUT2D eigenvalue weighted by Gasteiger charge is -2.29. The van der Waals surface area contributed by atoms with Crippen LogP contribution in [0, 0.1) is 6.92 Å². The van der Waals surface area contributed by atoms with Gasteiger partial charge in [-0.25, -0.2) is 0 Å². The Morgan fingerprint density at radius 3 is 1.83 bits per heavy atom. The summed E-state index contributed by atoms with van der Waals surface area (Å²) in [7, 11) is 0. The van der Waals surface area contributed by atoms with Crippen LogP contribution in [0.4, 0.5) is 17.1 Å². The SMILES string of the molecule is CCc1cc2c(cc1C)C(C)(C)c1cc(N(c3ccccc3)c3ccccc3)c3ccccc3c1-2. The Balaban J connectivity index is 1.71. The number of hydrogen-bond donors (Lipinski definition) is 0. The standard InChI is InChI=1S/C34H31N/c1-5-24-21-29-30(20-23(24)2)34(3,4)31-22-32(27-18-12-13-19-28(27)33(29)31)35(25-14-8-6-9-15-25)26-16-10-7-11-17-26/h6-22H,5H2,1-4H3. The highest BCUT2D eigenvalue weighted by Crippen LogP contribution is 2.54. The van der Waals surface area contributed by atoms with Crippen molar-refractivity contribution in [1.82, 2.24) is 0 Å². The van der Waals surface area contributed by atoms with Crippen LogP contribution in [0.2, 0.25) is 0 Å². The van der Waals surface area contributed by atoms with Crippen molar-refractivity contribution in [3.63, 3.8) is 0 Å². The van der Waals surface area contributed by atoms with E-state index in [1.165, 1.54) is 61.2 Å². The Morgan fingerprint density at radius 1 is 0.657 bits per heavy atom. The number of benzene rings is 5. The maximum absolute atomic E-state index is 2.46. The third-order valence-electron chi connectivity index (χ3n) is 7.77. The molecule has 5 aromatic rings. The number of para-hydroxylation sites is 2. The predicted molar refractivity (Wildman–Crippen MR) is 150 cm³/mol. The van der Waals surface area contributed by atoms with Crippen molar-refractivity contribution in [2.45, 2.75) is 39.5 Å². The number of anilines is 3. The second-order valence-electron chi connectivity index (χ2n) is 10.2. The summed E-state index contributed by atoms with van der Waals surface area (Å²) >= 11 is 0. The zero-order valence-electron chi connectivity index (χ0n) is 21.0. The van der Waals surface area contributed by atoms with E-state index in [0.717, 1.165) is 6.42 Å². The summed E-state index contributed by atoms with van der Waals surface area (Å²) in [5.74, 6) is 0. The highest BCUT2D eigenvalue weighted by molar-refractivity contribution is 6.10. The lowest BCUT2D eigenvalue weighted by atomic mass is 9.81. The topological polar surface area (TPSA) is 3.24 Å². The third kappa shape index (κ3) is 3.30. The zero-order valence-corrected chi connectivity index (χ0v) is 21.0. The van der Waals surface area contributed by atoms with Gasteiger partial charge in [-0.3, -0.25) is 0 Å². The number of fused-ring (bicyclic) bond motifs is 5. The molecule has 0 heterocycles. The van der Waals surface area contributed by atoms with Gasteiger partial charge in [0.1, 0.15) is 0 Å². The van der Waals surface area contributed by atoms with Gasteiger partial charge in [0.05, 0.1) is 5.69 Å². The van der Waals surface area contributed by atoms with Crippen LogP contribution in [-0.2, 0) is 11.8 Å². The summed E-state index contributed by atoms with van der Waals surface area (Å²) in [5.41, 5.74) is 12.0. The average molecular weight is 454 g/mol. The van der Waals surface area contributed by atoms with Gasteiger partial charge in [0.15, 0.2) is 0 Å². The summed E-state index contributed by atoms with van der Waals surface area (Å²) in [6, 6.07) is 37.7. The fourth-order valence-corrected chi connectivity index (χ4v) is 5.91. The summed E-state index contributed by atoms with van der Waals surface area (Å²) in [6.07, 6.45) is 1.06. The van der Waals surface area contributed by atoms with E-state index in [9.17, 15) is 0 Å². The van der Waals surface area contributed by atoms with Crippen molar-refractivity contribution >= 4 is 27.8 Å².